The number of rotatable bonds is 8. The van der Waals surface area contributed by atoms with Crippen LogP contribution in [0.2, 0.25) is 5.02 Å². The number of hydrogen-bond donors (Lipinski definition) is 1. The standard InChI is InChI=1S/C18H17ClN4O4S3/c1-27-15-9-8-12(10-14(15)19)23(30(25,26)13-6-4-3-5-7-13)11-16(24)20-17-21-22-18(28-2)29-17/h3-10H,11H2,1-2H3,(H,20,21,24). The van der Waals surface area contributed by atoms with Crippen molar-refractivity contribution in [1.29, 1.82) is 0 Å². The van der Waals surface area contributed by atoms with Gasteiger partial charge in [-0.05, 0) is 36.6 Å². The molecule has 158 valence electrons. The number of ether oxygens (including phenoxy) is 1. The maximum Gasteiger partial charge on any atom is 0.264 e. The summed E-state index contributed by atoms with van der Waals surface area (Å²) in [6.07, 6.45) is 1.84. The van der Waals surface area contributed by atoms with Gasteiger partial charge in [0.1, 0.15) is 12.3 Å². The molecule has 0 unspecified atom stereocenters. The first-order valence-electron chi connectivity index (χ1n) is 8.44. The highest BCUT2D eigenvalue weighted by atomic mass is 35.5. The Morgan fingerprint density at radius 1 is 1.23 bits per heavy atom. The van der Waals surface area contributed by atoms with E-state index in [0.29, 0.717) is 10.1 Å². The second-order valence-corrected chi connectivity index (χ2v) is 10.1. The first kappa shape index (κ1) is 22.3. The highest BCUT2D eigenvalue weighted by Crippen LogP contribution is 2.32. The molecule has 1 N–H and O–H groups in total. The molecule has 3 aromatic rings. The largest absolute Gasteiger partial charge is 0.495 e. The highest BCUT2D eigenvalue weighted by Gasteiger charge is 2.28. The molecule has 0 atom stereocenters. The summed E-state index contributed by atoms with van der Waals surface area (Å²) in [5.74, 6) is -0.175. The maximum atomic E-state index is 13.3. The van der Waals surface area contributed by atoms with Crippen molar-refractivity contribution in [3.63, 3.8) is 0 Å². The summed E-state index contributed by atoms with van der Waals surface area (Å²) in [5, 5.41) is 10.9. The van der Waals surface area contributed by atoms with E-state index >= 15 is 0 Å². The summed E-state index contributed by atoms with van der Waals surface area (Å²) in [4.78, 5) is 12.7. The third-order valence-electron chi connectivity index (χ3n) is 3.87. The molecule has 0 saturated carbocycles. The van der Waals surface area contributed by atoms with Gasteiger partial charge in [-0.25, -0.2) is 8.42 Å². The van der Waals surface area contributed by atoms with Crippen LogP contribution >= 0.6 is 34.7 Å². The van der Waals surface area contributed by atoms with Crippen LogP contribution in [-0.4, -0.2) is 44.4 Å². The molecular formula is C18H17ClN4O4S3. The summed E-state index contributed by atoms with van der Waals surface area (Å²) >= 11 is 8.78. The number of halogens is 1. The van der Waals surface area contributed by atoms with Gasteiger partial charge in [0.25, 0.3) is 10.0 Å². The van der Waals surface area contributed by atoms with Crippen LogP contribution in [0.3, 0.4) is 0 Å². The lowest BCUT2D eigenvalue weighted by atomic mass is 10.3. The molecule has 1 amide bonds. The van der Waals surface area contributed by atoms with E-state index in [1.165, 1.54) is 54.5 Å². The monoisotopic (exact) mass is 484 g/mol. The number of carbonyl (C=O) groups is 1. The molecule has 0 radical (unpaired) electrons. The highest BCUT2D eigenvalue weighted by molar-refractivity contribution is 8.00. The molecule has 2 aromatic carbocycles. The van der Waals surface area contributed by atoms with Gasteiger partial charge in [0.2, 0.25) is 11.0 Å². The Hall–Kier alpha value is -2.34. The molecule has 0 aliphatic carbocycles. The summed E-state index contributed by atoms with van der Waals surface area (Å²) in [5.41, 5.74) is 0.224. The Morgan fingerprint density at radius 2 is 1.97 bits per heavy atom. The van der Waals surface area contributed by atoms with Crippen LogP contribution in [0.1, 0.15) is 0 Å². The van der Waals surface area contributed by atoms with E-state index in [9.17, 15) is 13.2 Å². The quantitative estimate of drug-likeness (QED) is 0.383. The number of methoxy groups -OCH3 is 1. The third-order valence-corrected chi connectivity index (χ3v) is 7.77. The Balaban J connectivity index is 1.95. The van der Waals surface area contributed by atoms with Crippen LogP contribution < -0.4 is 14.4 Å². The van der Waals surface area contributed by atoms with Crippen molar-refractivity contribution in [3.05, 3.63) is 53.6 Å². The van der Waals surface area contributed by atoms with E-state index in [-0.39, 0.29) is 20.7 Å². The van der Waals surface area contributed by atoms with E-state index in [1.807, 2.05) is 6.26 Å². The van der Waals surface area contributed by atoms with Crippen LogP contribution in [0, 0.1) is 0 Å². The number of nitrogens with one attached hydrogen (secondary N) is 1. The molecule has 0 saturated heterocycles. The number of carbonyl (C=O) groups excluding carboxylic acids is 1. The molecule has 1 aromatic heterocycles. The van der Waals surface area contributed by atoms with Crippen molar-refractivity contribution in [3.8, 4) is 5.75 Å². The summed E-state index contributed by atoms with van der Waals surface area (Å²) in [7, 11) is -2.58. The van der Waals surface area contributed by atoms with Crippen LogP contribution in [0.4, 0.5) is 10.8 Å². The van der Waals surface area contributed by atoms with Gasteiger partial charge in [-0.3, -0.25) is 14.4 Å². The Morgan fingerprint density at radius 3 is 2.57 bits per heavy atom. The van der Waals surface area contributed by atoms with Crippen molar-refractivity contribution >= 4 is 61.4 Å². The Kier molecular flexibility index (Phi) is 7.19. The van der Waals surface area contributed by atoms with Gasteiger partial charge in [-0.1, -0.05) is 52.9 Å². The van der Waals surface area contributed by atoms with Gasteiger partial charge >= 0.3 is 0 Å². The molecule has 0 spiro atoms. The molecule has 0 fully saturated rings. The zero-order valence-electron chi connectivity index (χ0n) is 15.9. The smallest absolute Gasteiger partial charge is 0.264 e. The number of anilines is 2. The van der Waals surface area contributed by atoms with Crippen LogP contribution in [0.5, 0.6) is 5.75 Å². The molecule has 3 rings (SSSR count). The van der Waals surface area contributed by atoms with Gasteiger partial charge < -0.3 is 4.74 Å². The summed E-state index contributed by atoms with van der Waals surface area (Å²) in [6, 6.07) is 12.3. The fourth-order valence-electron chi connectivity index (χ4n) is 2.48. The Labute approximate surface area is 187 Å². The second-order valence-electron chi connectivity index (χ2n) is 5.77. The number of benzene rings is 2. The SMILES string of the molecule is COc1ccc(N(CC(=O)Nc2nnc(SC)s2)S(=O)(=O)c2ccccc2)cc1Cl. The molecule has 30 heavy (non-hydrogen) atoms. The summed E-state index contributed by atoms with van der Waals surface area (Å²) in [6.45, 7) is -0.478. The van der Waals surface area contributed by atoms with E-state index in [4.69, 9.17) is 16.3 Å². The fourth-order valence-corrected chi connectivity index (χ4v) is 5.35. The number of aromatic nitrogens is 2. The van der Waals surface area contributed by atoms with Crippen LogP contribution in [0.15, 0.2) is 57.8 Å². The third kappa shape index (κ3) is 5.04. The number of amides is 1. The first-order valence-corrected chi connectivity index (χ1v) is 12.3. The van der Waals surface area contributed by atoms with Crippen molar-refractivity contribution in [1.82, 2.24) is 10.2 Å². The zero-order chi connectivity index (χ0) is 21.7. The predicted octanol–water partition coefficient (Wildman–Crippen LogP) is 3.76. The minimum absolute atomic E-state index is 0.0466. The number of nitrogens with zero attached hydrogens (tertiary/aromatic N) is 3. The van der Waals surface area contributed by atoms with Gasteiger partial charge in [0, 0.05) is 0 Å². The van der Waals surface area contributed by atoms with Crippen molar-refractivity contribution in [2.45, 2.75) is 9.24 Å². The van der Waals surface area contributed by atoms with Gasteiger partial charge in [0.15, 0.2) is 4.34 Å². The van der Waals surface area contributed by atoms with Crippen molar-refractivity contribution in [2.75, 3.05) is 29.5 Å². The van der Waals surface area contributed by atoms with Crippen LogP contribution in [0.25, 0.3) is 0 Å². The fraction of sp³-hybridized carbons (Fsp3) is 0.167. The number of thioether (sulfide) groups is 1. The van der Waals surface area contributed by atoms with Gasteiger partial charge in [0.05, 0.1) is 22.7 Å². The van der Waals surface area contributed by atoms with E-state index in [0.717, 1.165) is 4.31 Å². The Bertz CT molecular complexity index is 1140. The summed E-state index contributed by atoms with van der Waals surface area (Å²) < 4.78 is 33.4. The lowest BCUT2D eigenvalue weighted by Crippen LogP contribution is -2.38. The molecule has 1 heterocycles. The molecular weight excluding hydrogens is 468 g/mol. The van der Waals surface area contributed by atoms with Crippen molar-refractivity contribution in [2.24, 2.45) is 0 Å². The number of hydrogen-bond acceptors (Lipinski definition) is 8. The molecule has 0 bridgehead atoms. The average molecular weight is 485 g/mol. The maximum absolute atomic E-state index is 13.3. The molecule has 12 heteroatoms. The molecule has 0 aliphatic heterocycles. The van der Waals surface area contributed by atoms with E-state index < -0.39 is 22.5 Å². The first-order chi connectivity index (χ1) is 14.3. The molecule has 0 aliphatic rings. The molecule has 8 nitrogen and oxygen atoms in total. The minimum Gasteiger partial charge on any atom is -0.495 e. The topological polar surface area (TPSA) is 101 Å². The lowest BCUT2D eigenvalue weighted by Gasteiger charge is -2.24. The van der Waals surface area contributed by atoms with Crippen LogP contribution in [-0.2, 0) is 14.8 Å². The van der Waals surface area contributed by atoms with E-state index in [2.05, 4.69) is 15.5 Å². The predicted molar refractivity (Wildman–Crippen MR) is 119 cm³/mol. The second kappa shape index (κ2) is 9.65. The van der Waals surface area contributed by atoms with Gasteiger partial charge in [-0.15, -0.1) is 10.2 Å². The van der Waals surface area contributed by atoms with E-state index in [1.54, 1.807) is 24.3 Å². The zero-order valence-corrected chi connectivity index (χ0v) is 19.1. The lowest BCUT2D eigenvalue weighted by molar-refractivity contribution is -0.114. The minimum atomic E-state index is -4.04. The number of sulfonamides is 1. The van der Waals surface area contributed by atoms with Gasteiger partial charge in [-0.2, -0.15) is 0 Å². The van der Waals surface area contributed by atoms with Crippen molar-refractivity contribution < 1.29 is 17.9 Å². The average Bonchev–Trinajstić information content (AvgIpc) is 3.20. The normalized spacial score (nSPS) is 11.2.